The third kappa shape index (κ3) is 5.36. The normalized spacial score (nSPS) is 16.4. The molecule has 0 atom stereocenters. The summed E-state index contributed by atoms with van der Waals surface area (Å²) in [6, 6.07) is 4.15. The zero-order chi connectivity index (χ0) is 17.8. The number of morpholine rings is 1. The molecule has 1 fully saturated rings. The van der Waals surface area contributed by atoms with E-state index in [1.807, 2.05) is 0 Å². The van der Waals surface area contributed by atoms with Gasteiger partial charge in [0.1, 0.15) is 0 Å². The summed E-state index contributed by atoms with van der Waals surface area (Å²) in [4.78, 5) is -0.0445. The smallest absolute Gasteiger partial charge is 0.243 e. The van der Waals surface area contributed by atoms with Gasteiger partial charge < -0.3 is 10.1 Å². The van der Waals surface area contributed by atoms with E-state index in [0.29, 0.717) is 25.3 Å². The highest BCUT2D eigenvalue weighted by molar-refractivity contribution is 7.90. The van der Waals surface area contributed by atoms with E-state index >= 15 is 0 Å². The monoisotopic (exact) mass is 413 g/mol. The lowest BCUT2D eigenvalue weighted by Gasteiger charge is -2.26. The van der Waals surface area contributed by atoms with E-state index in [-0.39, 0.29) is 41.8 Å². The first-order valence-electron chi connectivity index (χ1n) is 7.62. The minimum Gasteiger partial charge on any atom is -0.379 e. The molecule has 0 unspecified atom stereocenters. The highest BCUT2D eigenvalue weighted by Gasteiger charge is 2.29. The molecule has 1 aromatic rings. The maximum atomic E-state index is 12.8. The summed E-state index contributed by atoms with van der Waals surface area (Å²) in [6.07, 6.45) is 0. The van der Waals surface area contributed by atoms with Gasteiger partial charge in [0.05, 0.1) is 23.0 Å². The molecule has 0 saturated carbocycles. The SMILES string of the molecule is CNCCNS(=O)(=O)c1ccc(C)c(S(=O)(=O)N2CCOCC2)c1.Cl. The Balaban J connectivity index is 0.00000312. The average Bonchev–Trinajstić information content (AvgIpc) is 2.56. The molecule has 144 valence electrons. The molecule has 1 aliphatic rings. The van der Waals surface area contributed by atoms with Crippen molar-refractivity contribution >= 4 is 32.5 Å². The Bertz CT molecular complexity index is 778. The Morgan fingerprint density at radius 3 is 2.36 bits per heavy atom. The first kappa shape index (κ1) is 22.3. The van der Waals surface area contributed by atoms with E-state index in [0.717, 1.165) is 0 Å². The van der Waals surface area contributed by atoms with Gasteiger partial charge in [-0.3, -0.25) is 0 Å². The zero-order valence-corrected chi connectivity index (χ0v) is 16.6. The van der Waals surface area contributed by atoms with E-state index < -0.39 is 20.0 Å². The van der Waals surface area contributed by atoms with Gasteiger partial charge >= 0.3 is 0 Å². The maximum Gasteiger partial charge on any atom is 0.243 e. The minimum absolute atomic E-state index is 0. The number of nitrogens with one attached hydrogen (secondary N) is 2. The predicted molar refractivity (Wildman–Crippen MR) is 97.1 cm³/mol. The van der Waals surface area contributed by atoms with Crippen molar-refractivity contribution in [1.82, 2.24) is 14.3 Å². The molecule has 1 heterocycles. The van der Waals surface area contributed by atoms with Crippen molar-refractivity contribution in [3.05, 3.63) is 23.8 Å². The van der Waals surface area contributed by atoms with E-state index in [9.17, 15) is 16.8 Å². The molecule has 8 nitrogen and oxygen atoms in total. The largest absolute Gasteiger partial charge is 0.379 e. The summed E-state index contributed by atoms with van der Waals surface area (Å²) in [5.74, 6) is 0. The van der Waals surface area contributed by atoms with Gasteiger partial charge in [0.25, 0.3) is 0 Å². The first-order chi connectivity index (χ1) is 11.3. The fourth-order valence-corrected chi connectivity index (χ4v) is 5.14. The van der Waals surface area contributed by atoms with Gasteiger partial charge in [0.15, 0.2) is 0 Å². The van der Waals surface area contributed by atoms with Crippen LogP contribution in [-0.2, 0) is 24.8 Å². The van der Waals surface area contributed by atoms with Crippen molar-refractivity contribution < 1.29 is 21.6 Å². The van der Waals surface area contributed by atoms with Crippen LogP contribution in [0.3, 0.4) is 0 Å². The van der Waals surface area contributed by atoms with Crippen molar-refractivity contribution in [3.63, 3.8) is 0 Å². The standard InChI is InChI=1S/C14H23N3O5S2.ClH/c1-12-3-4-13(23(18,19)16-6-5-15-2)11-14(12)24(20,21)17-7-9-22-10-8-17;/h3-4,11,15-16H,5-10H2,1-2H3;1H. The molecule has 1 saturated heterocycles. The van der Waals surface area contributed by atoms with Crippen LogP contribution >= 0.6 is 12.4 Å². The van der Waals surface area contributed by atoms with Crippen LogP contribution in [0.4, 0.5) is 0 Å². The third-order valence-corrected chi connectivity index (χ3v) is 7.22. The number of rotatable bonds is 7. The Hall–Kier alpha value is -0.750. The van der Waals surface area contributed by atoms with Crippen molar-refractivity contribution in [2.24, 2.45) is 0 Å². The molecular formula is C14H24ClN3O5S2. The molecule has 2 rings (SSSR count). The van der Waals surface area contributed by atoms with Crippen LogP contribution in [0.1, 0.15) is 5.56 Å². The van der Waals surface area contributed by atoms with Crippen LogP contribution in [0.2, 0.25) is 0 Å². The number of benzene rings is 1. The summed E-state index contributed by atoms with van der Waals surface area (Å²) < 4.78 is 59.1. The molecule has 2 N–H and O–H groups in total. The van der Waals surface area contributed by atoms with Crippen LogP contribution in [-0.4, -0.2) is 67.6 Å². The summed E-state index contributed by atoms with van der Waals surface area (Å²) in [5.41, 5.74) is 0.510. The number of sulfonamides is 2. The summed E-state index contributed by atoms with van der Waals surface area (Å²) in [5, 5.41) is 2.84. The molecule has 0 radical (unpaired) electrons. The second kappa shape index (κ2) is 9.26. The van der Waals surface area contributed by atoms with E-state index in [4.69, 9.17) is 4.74 Å². The van der Waals surface area contributed by atoms with Crippen LogP contribution in [0, 0.1) is 6.92 Å². The summed E-state index contributed by atoms with van der Waals surface area (Å²) >= 11 is 0. The van der Waals surface area contributed by atoms with Crippen molar-refractivity contribution in [3.8, 4) is 0 Å². The van der Waals surface area contributed by atoms with Crippen molar-refractivity contribution in [2.75, 3.05) is 46.4 Å². The maximum absolute atomic E-state index is 12.8. The Kier molecular flexibility index (Phi) is 8.26. The molecule has 1 aromatic carbocycles. The van der Waals surface area contributed by atoms with Gasteiger partial charge in [-0.1, -0.05) is 6.07 Å². The Morgan fingerprint density at radius 2 is 1.76 bits per heavy atom. The summed E-state index contributed by atoms with van der Waals surface area (Å²) in [7, 11) is -5.80. The lowest BCUT2D eigenvalue weighted by atomic mass is 10.2. The van der Waals surface area contributed by atoms with Gasteiger partial charge in [-0.25, -0.2) is 21.6 Å². The molecule has 1 aliphatic heterocycles. The number of halogens is 1. The summed E-state index contributed by atoms with van der Waals surface area (Å²) in [6.45, 7) is 3.54. The lowest BCUT2D eigenvalue weighted by molar-refractivity contribution is 0.0730. The van der Waals surface area contributed by atoms with Crippen molar-refractivity contribution in [1.29, 1.82) is 0 Å². The van der Waals surface area contributed by atoms with Gasteiger partial charge in [-0.05, 0) is 31.7 Å². The first-order valence-corrected chi connectivity index (χ1v) is 10.5. The molecule has 0 aliphatic carbocycles. The number of nitrogens with zero attached hydrogens (tertiary/aromatic N) is 1. The second-order valence-electron chi connectivity index (χ2n) is 5.45. The lowest BCUT2D eigenvalue weighted by Crippen LogP contribution is -2.41. The molecule has 11 heteroatoms. The quantitative estimate of drug-likeness (QED) is 0.606. The highest BCUT2D eigenvalue weighted by Crippen LogP contribution is 2.24. The number of hydrogen-bond acceptors (Lipinski definition) is 6. The topological polar surface area (TPSA) is 105 Å². The molecular weight excluding hydrogens is 390 g/mol. The fourth-order valence-electron chi connectivity index (χ4n) is 2.35. The molecule has 25 heavy (non-hydrogen) atoms. The van der Waals surface area contributed by atoms with Gasteiger partial charge in [0, 0.05) is 26.2 Å². The van der Waals surface area contributed by atoms with Crippen LogP contribution < -0.4 is 10.0 Å². The van der Waals surface area contributed by atoms with Crippen LogP contribution in [0.25, 0.3) is 0 Å². The number of aryl methyl sites for hydroxylation is 1. The van der Waals surface area contributed by atoms with Crippen LogP contribution in [0.5, 0.6) is 0 Å². The number of hydrogen-bond donors (Lipinski definition) is 2. The van der Waals surface area contributed by atoms with Gasteiger partial charge in [0.2, 0.25) is 20.0 Å². The highest BCUT2D eigenvalue weighted by atomic mass is 35.5. The van der Waals surface area contributed by atoms with Gasteiger partial charge in [-0.15, -0.1) is 12.4 Å². The Labute approximate surface area is 155 Å². The fraction of sp³-hybridized carbons (Fsp3) is 0.571. The van der Waals surface area contributed by atoms with E-state index in [1.165, 1.54) is 22.5 Å². The van der Waals surface area contributed by atoms with Gasteiger partial charge in [-0.2, -0.15) is 4.31 Å². The Morgan fingerprint density at radius 1 is 1.12 bits per heavy atom. The number of likely N-dealkylation sites (N-methyl/N-ethyl adjacent to an activating group) is 1. The molecule has 0 aromatic heterocycles. The molecule has 0 amide bonds. The van der Waals surface area contributed by atoms with Crippen LogP contribution in [0.15, 0.2) is 28.0 Å². The average molecular weight is 414 g/mol. The zero-order valence-electron chi connectivity index (χ0n) is 14.2. The van der Waals surface area contributed by atoms with Crippen molar-refractivity contribution in [2.45, 2.75) is 16.7 Å². The third-order valence-electron chi connectivity index (χ3n) is 3.72. The second-order valence-corrected chi connectivity index (χ2v) is 9.12. The number of ether oxygens (including phenoxy) is 1. The van der Waals surface area contributed by atoms with E-state index in [1.54, 1.807) is 14.0 Å². The van der Waals surface area contributed by atoms with E-state index in [2.05, 4.69) is 10.0 Å². The minimum atomic E-state index is -3.76. The molecule has 0 spiro atoms. The predicted octanol–water partition coefficient (Wildman–Crippen LogP) is -0.0646. The molecule has 0 bridgehead atoms.